The summed E-state index contributed by atoms with van der Waals surface area (Å²) in [5.41, 5.74) is 1.98. The Bertz CT molecular complexity index is 694. The molecule has 0 aliphatic carbocycles. The van der Waals surface area contributed by atoms with Crippen LogP contribution in [0.5, 0.6) is 5.75 Å². The molecule has 0 aromatic heterocycles. The lowest BCUT2D eigenvalue weighted by Gasteiger charge is -2.21. The molecule has 0 saturated heterocycles. The molecule has 0 saturated carbocycles. The second kappa shape index (κ2) is 6.41. The number of nitriles is 2. The largest absolute Gasteiger partial charge is 0.449 e. The summed E-state index contributed by atoms with van der Waals surface area (Å²) in [6.07, 6.45) is -2.27. The van der Waals surface area contributed by atoms with Crippen LogP contribution in [-0.2, 0) is 11.8 Å². The van der Waals surface area contributed by atoms with Crippen molar-refractivity contribution in [1.82, 2.24) is 0 Å². The second-order valence-electron chi connectivity index (χ2n) is 4.37. The van der Waals surface area contributed by atoms with Gasteiger partial charge in [0, 0.05) is 12.4 Å². The molecule has 1 atom stereocenters. The lowest BCUT2D eigenvalue weighted by atomic mass is 10.2. The number of nitrogens with zero attached hydrogens (tertiary/aromatic N) is 2. The molecule has 1 unspecified atom stereocenters. The highest BCUT2D eigenvalue weighted by atomic mass is 32.4. The molecular formula is C15H12N3OPS. The summed E-state index contributed by atoms with van der Waals surface area (Å²) in [6, 6.07) is 18.0. The maximum atomic E-state index is 8.77. The number of benzene rings is 2. The van der Waals surface area contributed by atoms with Crippen molar-refractivity contribution in [3.05, 3.63) is 59.7 Å². The summed E-state index contributed by atoms with van der Waals surface area (Å²) in [5, 5.41) is 20.7. The number of rotatable bonds is 4. The predicted molar refractivity (Wildman–Crippen MR) is 86.8 cm³/mol. The zero-order chi connectivity index (χ0) is 15.3. The topological polar surface area (TPSA) is 68.8 Å². The van der Waals surface area contributed by atoms with E-state index in [2.05, 4.69) is 17.2 Å². The Hall–Kier alpha value is -2.33. The summed E-state index contributed by atoms with van der Waals surface area (Å²) >= 11 is 5.48. The standard InChI is InChI=1S/C15H12N3OPS/c1-20(21,18-14-6-2-12(10-16)3-7-14)19-15-8-4-13(11-17)5-9-15/h2-9H,1H3,(H,18,21). The molecule has 1 N–H and O–H groups in total. The Labute approximate surface area is 128 Å². The highest BCUT2D eigenvalue weighted by molar-refractivity contribution is 8.12. The van der Waals surface area contributed by atoms with Crippen LogP contribution in [0.3, 0.4) is 0 Å². The molecule has 0 fully saturated rings. The van der Waals surface area contributed by atoms with E-state index in [-0.39, 0.29) is 0 Å². The number of nitrogens with one attached hydrogen (secondary N) is 1. The first-order valence-electron chi connectivity index (χ1n) is 6.08. The van der Waals surface area contributed by atoms with Gasteiger partial charge in [0.1, 0.15) is 5.75 Å². The quantitative estimate of drug-likeness (QED) is 0.868. The van der Waals surface area contributed by atoms with Gasteiger partial charge in [0.2, 0.25) is 0 Å². The molecule has 6 heteroatoms. The molecule has 104 valence electrons. The van der Waals surface area contributed by atoms with Crippen LogP contribution in [0, 0.1) is 22.7 Å². The molecule has 2 rings (SSSR count). The van der Waals surface area contributed by atoms with E-state index in [1.807, 2.05) is 6.66 Å². The van der Waals surface area contributed by atoms with Crippen LogP contribution >= 0.6 is 6.42 Å². The van der Waals surface area contributed by atoms with Crippen LogP contribution in [0.4, 0.5) is 5.69 Å². The van der Waals surface area contributed by atoms with Gasteiger partial charge in [-0.3, -0.25) is 0 Å². The van der Waals surface area contributed by atoms with Gasteiger partial charge in [-0.15, -0.1) is 0 Å². The van der Waals surface area contributed by atoms with E-state index in [0.717, 1.165) is 5.69 Å². The minimum atomic E-state index is -2.27. The third-order valence-electron chi connectivity index (χ3n) is 2.61. The molecule has 4 nitrogen and oxygen atoms in total. The Morgan fingerprint density at radius 3 is 1.90 bits per heavy atom. The molecule has 2 aromatic rings. The van der Waals surface area contributed by atoms with Crippen molar-refractivity contribution in [2.45, 2.75) is 0 Å². The van der Waals surface area contributed by atoms with Crippen LogP contribution < -0.4 is 9.61 Å². The summed E-state index contributed by atoms with van der Waals surface area (Å²) in [6.45, 7) is 1.83. The van der Waals surface area contributed by atoms with Gasteiger partial charge in [-0.05, 0) is 60.3 Å². The Morgan fingerprint density at radius 2 is 1.43 bits per heavy atom. The Kier molecular flexibility index (Phi) is 4.60. The first-order chi connectivity index (χ1) is 10.0. The molecule has 0 spiro atoms. The predicted octanol–water partition coefficient (Wildman–Crippen LogP) is 3.86. The molecule has 21 heavy (non-hydrogen) atoms. The van der Waals surface area contributed by atoms with Crippen molar-refractivity contribution >= 4 is 23.9 Å². The van der Waals surface area contributed by atoms with Crippen molar-refractivity contribution in [2.75, 3.05) is 11.8 Å². The number of hydrogen-bond acceptors (Lipinski definition) is 4. The molecule has 2 aromatic carbocycles. The molecule has 0 radical (unpaired) electrons. The zero-order valence-corrected chi connectivity index (χ0v) is 13.0. The van der Waals surface area contributed by atoms with Crippen LogP contribution in [-0.4, -0.2) is 6.66 Å². The fourth-order valence-corrected chi connectivity index (χ4v) is 3.43. The zero-order valence-electron chi connectivity index (χ0n) is 11.3. The van der Waals surface area contributed by atoms with E-state index in [9.17, 15) is 0 Å². The molecule has 0 amide bonds. The number of anilines is 1. The Morgan fingerprint density at radius 1 is 0.952 bits per heavy atom. The van der Waals surface area contributed by atoms with Gasteiger partial charge in [-0.1, -0.05) is 0 Å². The fraction of sp³-hybridized carbons (Fsp3) is 0.0667. The van der Waals surface area contributed by atoms with E-state index in [0.29, 0.717) is 16.9 Å². The van der Waals surface area contributed by atoms with Crippen LogP contribution in [0.25, 0.3) is 0 Å². The summed E-state index contributed by atoms with van der Waals surface area (Å²) in [7, 11) is 0. The average molecular weight is 313 g/mol. The van der Waals surface area contributed by atoms with E-state index < -0.39 is 6.42 Å². The first kappa shape index (κ1) is 15.1. The maximum absolute atomic E-state index is 8.77. The molecule has 0 aliphatic rings. The van der Waals surface area contributed by atoms with Crippen LogP contribution in [0.2, 0.25) is 0 Å². The van der Waals surface area contributed by atoms with Crippen LogP contribution in [0.15, 0.2) is 48.5 Å². The van der Waals surface area contributed by atoms with E-state index in [4.69, 9.17) is 26.9 Å². The molecule has 0 heterocycles. The van der Waals surface area contributed by atoms with Crippen molar-refractivity contribution in [2.24, 2.45) is 0 Å². The Balaban J connectivity index is 2.08. The van der Waals surface area contributed by atoms with Gasteiger partial charge in [0.25, 0.3) is 0 Å². The van der Waals surface area contributed by atoms with Crippen molar-refractivity contribution in [3.63, 3.8) is 0 Å². The van der Waals surface area contributed by atoms with E-state index in [1.54, 1.807) is 48.5 Å². The summed E-state index contributed by atoms with van der Waals surface area (Å²) in [5.74, 6) is 0.626. The van der Waals surface area contributed by atoms with Crippen molar-refractivity contribution in [1.29, 1.82) is 10.5 Å². The van der Waals surface area contributed by atoms with Gasteiger partial charge in [0.05, 0.1) is 23.3 Å². The average Bonchev–Trinajstić information content (AvgIpc) is 2.48. The van der Waals surface area contributed by atoms with E-state index >= 15 is 0 Å². The first-order valence-corrected chi connectivity index (χ1v) is 9.25. The summed E-state index contributed by atoms with van der Waals surface area (Å²) < 4.78 is 5.80. The minimum Gasteiger partial charge on any atom is -0.449 e. The van der Waals surface area contributed by atoms with Gasteiger partial charge >= 0.3 is 0 Å². The van der Waals surface area contributed by atoms with Gasteiger partial charge in [-0.25, -0.2) is 0 Å². The van der Waals surface area contributed by atoms with E-state index in [1.165, 1.54) is 0 Å². The van der Waals surface area contributed by atoms with Gasteiger partial charge in [0.15, 0.2) is 6.42 Å². The summed E-state index contributed by atoms with van der Waals surface area (Å²) in [4.78, 5) is 0. The minimum absolute atomic E-state index is 0.576. The third-order valence-corrected chi connectivity index (χ3v) is 4.33. The lowest BCUT2D eigenvalue weighted by Crippen LogP contribution is -2.01. The second-order valence-corrected chi connectivity index (χ2v) is 8.56. The van der Waals surface area contributed by atoms with Crippen molar-refractivity contribution in [3.8, 4) is 17.9 Å². The monoisotopic (exact) mass is 313 g/mol. The SMILES string of the molecule is CP(=S)(Nc1ccc(C#N)cc1)Oc1ccc(C#N)cc1. The highest BCUT2D eigenvalue weighted by Gasteiger charge is 2.12. The van der Waals surface area contributed by atoms with Crippen LogP contribution in [0.1, 0.15) is 11.1 Å². The normalized spacial score (nSPS) is 12.5. The lowest BCUT2D eigenvalue weighted by molar-refractivity contribution is 0.620. The van der Waals surface area contributed by atoms with Crippen molar-refractivity contribution < 1.29 is 4.52 Å². The fourth-order valence-electron chi connectivity index (χ4n) is 1.67. The highest BCUT2D eigenvalue weighted by Crippen LogP contribution is 2.43. The molecular weight excluding hydrogens is 301 g/mol. The number of hydrogen-bond donors (Lipinski definition) is 1. The molecule has 0 bridgehead atoms. The molecule has 0 aliphatic heterocycles. The van der Waals surface area contributed by atoms with Gasteiger partial charge in [-0.2, -0.15) is 10.5 Å². The van der Waals surface area contributed by atoms with Gasteiger partial charge < -0.3 is 9.61 Å². The maximum Gasteiger partial charge on any atom is 0.199 e. The smallest absolute Gasteiger partial charge is 0.199 e. The third kappa shape index (κ3) is 4.33.